The fourth-order valence-corrected chi connectivity index (χ4v) is 4.52. The Morgan fingerprint density at radius 2 is 2.03 bits per heavy atom. The fourth-order valence-electron chi connectivity index (χ4n) is 4.52. The van der Waals surface area contributed by atoms with Crippen molar-refractivity contribution in [3.8, 4) is 11.4 Å². The standard InChI is InChI=1S/C22H31N7O/c1-14-8-18(11-24-10-14)26-21-9-19(20-12-23-6-7-25-20)27-22(28-21)17-5-4-15(2)29(13-17)16(3)30/h6-7,9,12,14-15,17-18,24H,4-5,8,10-11,13H2,1-3H3,(H,26,27,28). The second kappa shape index (κ2) is 9.04. The molecular formula is C22H31N7O. The Morgan fingerprint density at radius 3 is 2.77 bits per heavy atom. The van der Waals surface area contributed by atoms with Gasteiger partial charge in [0.05, 0.1) is 11.9 Å². The summed E-state index contributed by atoms with van der Waals surface area (Å²) >= 11 is 0. The second-order valence-corrected chi connectivity index (χ2v) is 8.72. The third-order valence-electron chi connectivity index (χ3n) is 6.14. The largest absolute Gasteiger partial charge is 0.366 e. The summed E-state index contributed by atoms with van der Waals surface area (Å²) in [5, 5.41) is 7.08. The maximum absolute atomic E-state index is 12.1. The first kappa shape index (κ1) is 20.7. The van der Waals surface area contributed by atoms with E-state index in [1.807, 2.05) is 11.0 Å². The van der Waals surface area contributed by atoms with Gasteiger partial charge in [0.15, 0.2) is 0 Å². The molecule has 1 amide bonds. The Balaban J connectivity index is 1.64. The van der Waals surface area contributed by atoms with Crippen molar-refractivity contribution in [2.75, 3.05) is 25.0 Å². The first-order chi connectivity index (χ1) is 14.5. The number of hydrogen-bond donors (Lipinski definition) is 2. The number of carbonyl (C=O) groups is 1. The van der Waals surface area contributed by atoms with E-state index in [0.717, 1.165) is 55.4 Å². The Bertz CT molecular complexity index is 875. The van der Waals surface area contributed by atoms with E-state index in [9.17, 15) is 4.79 Å². The summed E-state index contributed by atoms with van der Waals surface area (Å²) in [6.07, 6.45) is 8.09. The van der Waals surface area contributed by atoms with Gasteiger partial charge in [0.1, 0.15) is 17.3 Å². The van der Waals surface area contributed by atoms with Crippen LogP contribution in [0.25, 0.3) is 11.4 Å². The number of piperidine rings is 2. The molecule has 0 saturated carbocycles. The van der Waals surface area contributed by atoms with Crippen LogP contribution in [0.4, 0.5) is 5.82 Å². The van der Waals surface area contributed by atoms with Gasteiger partial charge in [0.25, 0.3) is 0 Å². The van der Waals surface area contributed by atoms with Crippen molar-refractivity contribution in [2.24, 2.45) is 5.92 Å². The second-order valence-electron chi connectivity index (χ2n) is 8.72. The number of hydrogen-bond acceptors (Lipinski definition) is 7. The topological polar surface area (TPSA) is 95.9 Å². The Labute approximate surface area is 177 Å². The van der Waals surface area contributed by atoms with Crippen LogP contribution >= 0.6 is 0 Å². The van der Waals surface area contributed by atoms with E-state index in [2.05, 4.69) is 34.4 Å². The monoisotopic (exact) mass is 409 g/mol. The Morgan fingerprint density at radius 1 is 1.17 bits per heavy atom. The minimum absolute atomic E-state index is 0.109. The molecule has 2 aliphatic heterocycles. The molecule has 160 valence electrons. The lowest BCUT2D eigenvalue weighted by Gasteiger charge is -2.37. The van der Waals surface area contributed by atoms with Gasteiger partial charge >= 0.3 is 0 Å². The molecule has 0 spiro atoms. The molecule has 2 aromatic heterocycles. The van der Waals surface area contributed by atoms with Crippen LogP contribution in [0.1, 0.15) is 51.8 Å². The molecule has 30 heavy (non-hydrogen) atoms. The summed E-state index contributed by atoms with van der Waals surface area (Å²) in [7, 11) is 0. The summed E-state index contributed by atoms with van der Waals surface area (Å²) in [5.74, 6) is 2.44. The van der Waals surface area contributed by atoms with Gasteiger partial charge in [-0.25, -0.2) is 9.97 Å². The van der Waals surface area contributed by atoms with Crippen LogP contribution in [-0.2, 0) is 4.79 Å². The van der Waals surface area contributed by atoms with Gasteiger partial charge in [0, 0.05) is 56.5 Å². The number of amides is 1. The summed E-state index contributed by atoms with van der Waals surface area (Å²) < 4.78 is 0. The van der Waals surface area contributed by atoms with Crippen LogP contribution in [-0.4, -0.2) is 62.5 Å². The normalized spacial score (nSPS) is 27.0. The van der Waals surface area contributed by atoms with Crippen molar-refractivity contribution in [3.63, 3.8) is 0 Å². The molecule has 0 radical (unpaired) electrons. The highest BCUT2D eigenvalue weighted by Crippen LogP contribution is 2.30. The Kier molecular flexibility index (Phi) is 6.22. The van der Waals surface area contributed by atoms with Crippen molar-refractivity contribution in [1.29, 1.82) is 0 Å². The molecule has 4 unspecified atom stereocenters. The number of nitrogens with one attached hydrogen (secondary N) is 2. The minimum atomic E-state index is 0.109. The van der Waals surface area contributed by atoms with Crippen LogP contribution in [0.15, 0.2) is 24.7 Å². The van der Waals surface area contributed by atoms with Crippen molar-refractivity contribution >= 4 is 11.7 Å². The zero-order valence-corrected chi connectivity index (χ0v) is 18.0. The zero-order chi connectivity index (χ0) is 21.1. The van der Waals surface area contributed by atoms with E-state index in [0.29, 0.717) is 18.5 Å². The van der Waals surface area contributed by atoms with E-state index >= 15 is 0 Å². The lowest BCUT2D eigenvalue weighted by atomic mass is 9.92. The predicted molar refractivity (Wildman–Crippen MR) is 116 cm³/mol. The Hall–Kier alpha value is -2.61. The van der Waals surface area contributed by atoms with Gasteiger partial charge in [-0.2, -0.15) is 0 Å². The van der Waals surface area contributed by atoms with Crippen molar-refractivity contribution in [3.05, 3.63) is 30.5 Å². The summed E-state index contributed by atoms with van der Waals surface area (Å²) in [6.45, 7) is 8.64. The number of anilines is 1. The highest BCUT2D eigenvalue weighted by Gasteiger charge is 2.30. The lowest BCUT2D eigenvalue weighted by molar-refractivity contribution is -0.132. The smallest absolute Gasteiger partial charge is 0.219 e. The third kappa shape index (κ3) is 4.75. The van der Waals surface area contributed by atoms with Gasteiger partial charge in [-0.3, -0.25) is 14.8 Å². The highest BCUT2D eigenvalue weighted by molar-refractivity contribution is 5.73. The quantitative estimate of drug-likeness (QED) is 0.801. The lowest BCUT2D eigenvalue weighted by Crippen LogP contribution is -2.44. The molecule has 0 aliphatic carbocycles. The molecule has 0 bridgehead atoms. The number of carbonyl (C=O) groups excluding carboxylic acids is 1. The van der Waals surface area contributed by atoms with Gasteiger partial charge in [-0.15, -0.1) is 0 Å². The predicted octanol–water partition coefficient (Wildman–Crippen LogP) is 2.46. The molecule has 2 aliphatic rings. The van der Waals surface area contributed by atoms with E-state index in [1.54, 1.807) is 25.5 Å². The van der Waals surface area contributed by atoms with Gasteiger partial charge < -0.3 is 15.5 Å². The SMILES string of the molecule is CC(=O)N1CC(c2nc(NC3CNCC(C)C3)cc(-c3cnccn3)n2)CCC1C. The molecule has 2 N–H and O–H groups in total. The van der Waals surface area contributed by atoms with E-state index in [1.165, 1.54) is 0 Å². The summed E-state index contributed by atoms with van der Waals surface area (Å²) in [6, 6.07) is 2.54. The molecule has 2 fully saturated rings. The first-order valence-electron chi connectivity index (χ1n) is 10.9. The van der Waals surface area contributed by atoms with E-state index in [-0.39, 0.29) is 17.9 Å². The van der Waals surface area contributed by atoms with Gasteiger partial charge in [-0.05, 0) is 38.6 Å². The van der Waals surface area contributed by atoms with Crippen LogP contribution in [0.3, 0.4) is 0 Å². The highest BCUT2D eigenvalue weighted by atomic mass is 16.2. The summed E-state index contributed by atoms with van der Waals surface area (Å²) in [4.78, 5) is 32.4. The van der Waals surface area contributed by atoms with Crippen LogP contribution < -0.4 is 10.6 Å². The van der Waals surface area contributed by atoms with Crippen LogP contribution in [0, 0.1) is 5.92 Å². The maximum Gasteiger partial charge on any atom is 0.219 e. The molecule has 4 rings (SSSR count). The van der Waals surface area contributed by atoms with Crippen molar-refractivity contribution < 1.29 is 4.79 Å². The average Bonchev–Trinajstić information content (AvgIpc) is 2.74. The number of likely N-dealkylation sites (tertiary alicyclic amines) is 1. The number of aromatic nitrogens is 4. The first-order valence-corrected chi connectivity index (χ1v) is 10.9. The van der Waals surface area contributed by atoms with E-state index < -0.39 is 0 Å². The maximum atomic E-state index is 12.1. The molecule has 2 aromatic rings. The molecule has 8 nitrogen and oxygen atoms in total. The number of nitrogens with zero attached hydrogens (tertiary/aromatic N) is 5. The molecular weight excluding hydrogens is 378 g/mol. The van der Waals surface area contributed by atoms with Crippen molar-refractivity contribution in [2.45, 2.75) is 58.0 Å². The number of rotatable bonds is 4. The summed E-state index contributed by atoms with van der Waals surface area (Å²) in [5.41, 5.74) is 1.49. The van der Waals surface area contributed by atoms with E-state index in [4.69, 9.17) is 9.97 Å². The molecule has 0 aromatic carbocycles. The minimum Gasteiger partial charge on any atom is -0.366 e. The van der Waals surface area contributed by atoms with Crippen LogP contribution in [0.5, 0.6) is 0 Å². The molecule has 8 heteroatoms. The van der Waals surface area contributed by atoms with Gasteiger partial charge in [0.2, 0.25) is 5.91 Å². The third-order valence-corrected chi connectivity index (χ3v) is 6.14. The molecule has 4 heterocycles. The fraction of sp³-hybridized carbons (Fsp3) is 0.591. The van der Waals surface area contributed by atoms with Gasteiger partial charge in [-0.1, -0.05) is 6.92 Å². The van der Waals surface area contributed by atoms with Crippen molar-refractivity contribution in [1.82, 2.24) is 30.2 Å². The molecule has 4 atom stereocenters. The molecule has 2 saturated heterocycles. The zero-order valence-electron chi connectivity index (χ0n) is 18.0. The van der Waals surface area contributed by atoms with Crippen LogP contribution in [0.2, 0.25) is 0 Å². The average molecular weight is 410 g/mol.